The lowest BCUT2D eigenvalue weighted by Crippen LogP contribution is -2.00. The molecule has 0 aliphatic carbocycles. The number of para-hydroxylation sites is 2. The summed E-state index contributed by atoms with van der Waals surface area (Å²) in [5.74, 6) is 3.69. The number of fused-ring (bicyclic) bond motifs is 6. The highest BCUT2D eigenvalue weighted by Crippen LogP contribution is 2.41. The summed E-state index contributed by atoms with van der Waals surface area (Å²) >= 11 is 0. The fourth-order valence-corrected chi connectivity index (χ4v) is 12.1. The van der Waals surface area contributed by atoms with Crippen LogP contribution in [0.25, 0.3) is 157 Å². The minimum absolute atomic E-state index is 0.596. The molecule has 4 aromatic heterocycles. The highest BCUT2D eigenvalue weighted by molar-refractivity contribution is 6.16. The number of hydrogen-bond acceptors (Lipinski definition) is 6. The van der Waals surface area contributed by atoms with Gasteiger partial charge >= 0.3 is 0 Å². The molecule has 0 N–H and O–H groups in total. The molecule has 0 spiro atoms. The quantitative estimate of drug-likeness (QED) is 0.128. The smallest absolute Gasteiger partial charge is 0.164 e. The Morgan fingerprint density at radius 2 is 0.512 bits per heavy atom. The lowest BCUT2D eigenvalue weighted by Gasteiger charge is -2.12. The molecule has 4 heterocycles. The summed E-state index contributed by atoms with van der Waals surface area (Å²) in [6.45, 7) is 0. The van der Waals surface area contributed by atoms with Gasteiger partial charge in [0, 0.05) is 66.3 Å². The molecular weight excluding hydrogens is 1050 g/mol. The first-order valence-electron chi connectivity index (χ1n) is 28.8. The number of benzene rings is 12. The topological polar surface area (TPSA) is 87.2 Å². The van der Waals surface area contributed by atoms with Crippen LogP contribution in [0.15, 0.2) is 303 Å². The largest absolute Gasteiger partial charge is 0.309 e. The van der Waals surface area contributed by atoms with Crippen LogP contribution in [0.5, 0.6) is 0 Å². The van der Waals surface area contributed by atoms with Gasteiger partial charge in [0.15, 0.2) is 34.9 Å². The molecule has 0 radical (unpaired) electrons. The third-order valence-electron chi connectivity index (χ3n) is 16.2. The van der Waals surface area contributed by atoms with Crippen LogP contribution < -0.4 is 0 Å². The summed E-state index contributed by atoms with van der Waals surface area (Å²) in [6, 6.07) is 106. The van der Waals surface area contributed by atoms with Crippen LogP contribution >= 0.6 is 0 Å². The van der Waals surface area contributed by atoms with Crippen molar-refractivity contribution in [3.63, 3.8) is 0 Å². The first kappa shape index (κ1) is 50.0. The van der Waals surface area contributed by atoms with Crippen LogP contribution in [0.2, 0.25) is 0 Å². The van der Waals surface area contributed by atoms with E-state index in [4.69, 9.17) is 29.9 Å². The predicted molar refractivity (Wildman–Crippen MR) is 351 cm³/mol. The molecule has 86 heavy (non-hydrogen) atoms. The molecule has 0 fully saturated rings. The maximum Gasteiger partial charge on any atom is 0.164 e. The summed E-state index contributed by atoms with van der Waals surface area (Å²) in [5.41, 5.74) is 18.8. The van der Waals surface area contributed by atoms with E-state index in [9.17, 15) is 0 Å². The first-order valence-corrected chi connectivity index (χ1v) is 28.8. The second kappa shape index (κ2) is 21.2. The Kier molecular flexibility index (Phi) is 12.3. The minimum Gasteiger partial charge on any atom is -0.309 e. The molecule has 0 aliphatic heterocycles. The van der Waals surface area contributed by atoms with Crippen molar-refractivity contribution in [2.45, 2.75) is 0 Å². The SMILES string of the molecule is c1ccc(-c2ccc3c(c2)c2ccccc2n3-c2ccc(-c3nc(-c4ccccc4)nc(-c4cccc(-c5cccc6c5c5ccccc5n6-c5ccc(-c6cccc(-c7nc(-c8ccccc8)nc(-c8ccccc8)n7)c6)cc5)c4)n3)cc2)cc1. The normalized spacial score (nSPS) is 11.5. The predicted octanol–water partition coefficient (Wildman–Crippen LogP) is 19.3. The van der Waals surface area contributed by atoms with Crippen LogP contribution in [0.3, 0.4) is 0 Å². The molecule has 402 valence electrons. The van der Waals surface area contributed by atoms with Gasteiger partial charge in [-0.15, -0.1) is 0 Å². The zero-order valence-electron chi connectivity index (χ0n) is 46.4. The lowest BCUT2D eigenvalue weighted by atomic mass is 9.97. The molecule has 0 aliphatic rings. The van der Waals surface area contributed by atoms with Crippen LogP contribution in [-0.2, 0) is 0 Å². The Morgan fingerprint density at radius 1 is 0.186 bits per heavy atom. The van der Waals surface area contributed by atoms with Crippen molar-refractivity contribution in [2.75, 3.05) is 0 Å². The number of nitrogens with zero attached hydrogens (tertiary/aromatic N) is 8. The molecule has 8 nitrogen and oxygen atoms in total. The van der Waals surface area contributed by atoms with Gasteiger partial charge in [-0.25, -0.2) is 29.9 Å². The Labute approximate surface area is 496 Å². The fourth-order valence-electron chi connectivity index (χ4n) is 12.1. The van der Waals surface area contributed by atoms with Gasteiger partial charge in [-0.1, -0.05) is 224 Å². The summed E-state index contributed by atoms with van der Waals surface area (Å²) in [7, 11) is 0. The van der Waals surface area contributed by atoms with Crippen molar-refractivity contribution in [3.8, 4) is 113 Å². The summed E-state index contributed by atoms with van der Waals surface area (Å²) in [4.78, 5) is 30.5. The average molecular weight is 1100 g/mol. The second-order valence-corrected chi connectivity index (χ2v) is 21.5. The maximum absolute atomic E-state index is 5.26. The molecule has 0 saturated heterocycles. The van der Waals surface area contributed by atoms with Gasteiger partial charge in [0.05, 0.1) is 22.1 Å². The number of aromatic nitrogens is 8. The third-order valence-corrected chi connectivity index (χ3v) is 16.2. The van der Waals surface area contributed by atoms with Crippen molar-refractivity contribution >= 4 is 43.6 Å². The Balaban J connectivity index is 0.741. The molecule has 0 amide bonds. The summed E-state index contributed by atoms with van der Waals surface area (Å²) < 4.78 is 4.72. The van der Waals surface area contributed by atoms with E-state index in [2.05, 4.69) is 234 Å². The Bertz CT molecular complexity index is 5140. The monoisotopic (exact) mass is 1100 g/mol. The van der Waals surface area contributed by atoms with E-state index in [1.165, 1.54) is 27.3 Å². The maximum atomic E-state index is 5.26. The zero-order chi connectivity index (χ0) is 56.9. The van der Waals surface area contributed by atoms with E-state index >= 15 is 0 Å². The second-order valence-electron chi connectivity index (χ2n) is 21.5. The minimum atomic E-state index is 0.596. The molecule has 12 aromatic carbocycles. The van der Waals surface area contributed by atoms with Gasteiger partial charge in [-0.05, 0) is 112 Å². The standard InChI is InChI=1S/C78H50N8/c1-5-20-51(21-6-1)58-42-47-70-67(50-58)65-32-13-15-35-68(65)85(70)62-45-40-56(41-46-62)76-80-75(55-26-11-4-12-27-55)83-78(84-76)61-31-18-29-59(49-61)64-34-19-37-71-72(64)66-33-14-16-36-69(66)86(71)63-43-38-52(39-44-63)57-28-17-30-60(48-57)77-81-73(53-22-7-2-8-23-53)79-74(82-77)54-24-9-3-10-25-54/h1-50H. The summed E-state index contributed by atoms with van der Waals surface area (Å²) in [6.07, 6.45) is 0. The Morgan fingerprint density at radius 3 is 1.06 bits per heavy atom. The summed E-state index contributed by atoms with van der Waals surface area (Å²) in [5, 5.41) is 4.75. The van der Waals surface area contributed by atoms with E-state index in [1.807, 2.05) is 78.9 Å². The number of hydrogen-bond donors (Lipinski definition) is 0. The first-order chi connectivity index (χ1) is 42.6. The molecule has 16 aromatic rings. The molecular formula is C78H50N8. The highest BCUT2D eigenvalue weighted by Gasteiger charge is 2.20. The fraction of sp³-hybridized carbons (Fsp3) is 0. The molecule has 0 saturated carbocycles. The highest BCUT2D eigenvalue weighted by atomic mass is 15.0. The van der Waals surface area contributed by atoms with Crippen molar-refractivity contribution in [3.05, 3.63) is 303 Å². The average Bonchev–Trinajstić information content (AvgIpc) is 2.28. The van der Waals surface area contributed by atoms with E-state index in [1.54, 1.807) is 0 Å². The molecule has 0 atom stereocenters. The molecule has 16 rings (SSSR count). The van der Waals surface area contributed by atoms with Crippen molar-refractivity contribution in [2.24, 2.45) is 0 Å². The van der Waals surface area contributed by atoms with Crippen molar-refractivity contribution in [1.82, 2.24) is 39.0 Å². The van der Waals surface area contributed by atoms with E-state index in [-0.39, 0.29) is 0 Å². The van der Waals surface area contributed by atoms with Gasteiger partial charge in [-0.2, -0.15) is 0 Å². The number of rotatable bonds is 11. The van der Waals surface area contributed by atoms with Gasteiger partial charge in [0.25, 0.3) is 0 Å². The lowest BCUT2D eigenvalue weighted by molar-refractivity contribution is 1.07. The zero-order valence-corrected chi connectivity index (χ0v) is 46.4. The van der Waals surface area contributed by atoms with E-state index in [0.717, 1.165) is 94.5 Å². The van der Waals surface area contributed by atoms with Crippen molar-refractivity contribution < 1.29 is 0 Å². The molecule has 8 heteroatoms. The van der Waals surface area contributed by atoms with E-state index in [0.29, 0.717) is 34.9 Å². The van der Waals surface area contributed by atoms with Crippen LogP contribution in [0, 0.1) is 0 Å². The molecule has 0 bridgehead atoms. The van der Waals surface area contributed by atoms with Crippen LogP contribution in [0.4, 0.5) is 0 Å². The van der Waals surface area contributed by atoms with Gasteiger partial charge < -0.3 is 9.13 Å². The Hall–Kier alpha value is -11.7. The van der Waals surface area contributed by atoms with Crippen LogP contribution in [0.1, 0.15) is 0 Å². The third kappa shape index (κ3) is 9.06. The molecule has 0 unspecified atom stereocenters. The van der Waals surface area contributed by atoms with E-state index < -0.39 is 0 Å². The van der Waals surface area contributed by atoms with Gasteiger partial charge in [0.2, 0.25) is 0 Å². The van der Waals surface area contributed by atoms with Crippen LogP contribution in [-0.4, -0.2) is 39.0 Å². The van der Waals surface area contributed by atoms with Crippen molar-refractivity contribution in [1.29, 1.82) is 0 Å². The van der Waals surface area contributed by atoms with Gasteiger partial charge in [-0.3, -0.25) is 0 Å². The van der Waals surface area contributed by atoms with Gasteiger partial charge in [0.1, 0.15) is 0 Å².